The number of nitrogens with zero attached hydrogens (tertiary/aromatic N) is 3. The second-order valence-electron chi connectivity index (χ2n) is 5.98. The Labute approximate surface area is 178 Å². The number of carbonyl (C=O) groups excluding carboxylic acids is 1. The Bertz CT molecular complexity index is 1120. The Morgan fingerprint density at radius 1 is 0.857 bits per heavy atom. The van der Waals surface area contributed by atoms with Crippen LogP contribution in [0.25, 0.3) is 17.1 Å². The lowest BCUT2D eigenvalue weighted by Crippen LogP contribution is -2.14. The molecule has 0 saturated carbocycles. The van der Waals surface area contributed by atoms with Gasteiger partial charge in [0.05, 0.1) is 5.69 Å². The highest BCUT2D eigenvalue weighted by Crippen LogP contribution is 2.23. The Morgan fingerprint density at radius 3 is 2.32 bits per heavy atom. The van der Waals surface area contributed by atoms with E-state index in [2.05, 4.69) is 47.3 Å². The number of anilines is 1. The highest BCUT2D eigenvalue weighted by Gasteiger charge is 2.19. The maximum atomic E-state index is 12.7. The summed E-state index contributed by atoms with van der Waals surface area (Å²) in [4.78, 5) is 17.2. The summed E-state index contributed by atoms with van der Waals surface area (Å²) in [5, 5.41) is 7.31. The van der Waals surface area contributed by atoms with Crippen LogP contribution in [0.3, 0.4) is 0 Å². The summed E-state index contributed by atoms with van der Waals surface area (Å²) in [5.74, 6) is 0.329. The fourth-order valence-electron chi connectivity index (χ4n) is 2.70. The zero-order chi connectivity index (χ0) is 19.5. The van der Waals surface area contributed by atoms with Crippen LogP contribution in [0, 0.1) is 0 Å². The molecule has 1 aromatic heterocycles. The number of rotatable bonds is 4. The van der Waals surface area contributed by atoms with Gasteiger partial charge in [-0.3, -0.25) is 4.79 Å². The summed E-state index contributed by atoms with van der Waals surface area (Å²) in [6.45, 7) is 0. The number of carbonyl (C=O) groups is 1. The van der Waals surface area contributed by atoms with Crippen molar-refractivity contribution in [2.75, 3.05) is 5.32 Å². The van der Waals surface area contributed by atoms with Crippen LogP contribution < -0.4 is 5.32 Å². The van der Waals surface area contributed by atoms with Crippen molar-refractivity contribution in [2.24, 2.45) is 0 Å². The predicted molar refractivity (Wildman–Crippen MR) is 117 cm³/mol. The minimum Gasteiger partial charge on any atom is -0.319 e. The molecule has 7 heteroatoms. The summed E-state index contributed by atoms with van der Waals surface area (Å²) in [7, 11) is 0. The van der Waals surface area contributed by atoms with Crippen molar-refractivity contribution in [2.45, 2.75) is 0 Å². The summed E-state index contributed by atoms with van der Waals surface area (Å²) in [6.07, 6.45) is 0. The highest BCUT2D eigenvalue weighted by molar-refractivity contribution is 9.10. The predicted octanol–water partition coefficient (Wildman–Crippen LogP) is 5.71. The van der Waals surface area contributed by atoms with E-state index in [0.29, 0.717) is 11.5 Å². The minimum absolute atomic E-state index is 0.0988. The average molecular weight is 498 g/mol. The lowest BCUT2D eigenvalue weighted by molar-refractivity contribution is 0.101. The smallest absolute Gasteiger partial charge is 0.295 e. The van der Waals surface area contributed by atoms with Crippen LogP contribution in [0.2, 0.25) is 0 Å². The second-order valence-corrected chi connectivity index (χ2v) is 7.81. The molecule has 0 radical (unpaired) electrons. The SMILES string of the molecule is O=C(Nc1cccc(Br)c1)c1nc(-c2ccccc2)n(-c2ccc(Br)cc2)n1. The van der Waals surface area contributed by atoms with Crippen LogP contribution in [0.1, 0.15) is 10.6 Å². The maximum Gasteiger partial charge on any atom is 0.295 e. The number of aromatic nitrogens is 3. The first-order chi connectivity index (χ1) is 13.6. The van der Waals surface area contributed by atoms with Gasteiger partial charge in [-0.2, -0.15) is 0 Å². The van der Waals surface area contributed by atoms with Gasteiger partial charge in [-0.1, -0.05) is 68.3 Å². The third-order valence-corrected chi connectivity index (χ3v) is 5.02. The van der Waals surface area contributed by atoms with Crippen LogP contribution in [-0.2, 0) is 0 Å². The second kappa shape index (κ2) is 8.08. The van der Waals surface area contributed by atoms with Gasteiger partial charge in [-0.15, -0.1) is 5.10 Å². The van der Waals surface area contributed by atoms with Crippen molar-refractivity contribution >= 4 is 43.5 Å². The number of nitrogens with one attached hydrogen (secondary N) is 1. The van der Waals surface area contributed by atoms with Gasteiger partial charge in [0.1, 0.15) is 0 Å². The maximum absolute atomic E-state index is 12.7. The first-order valence-corrected chi connectivity index (χ1v) is 10.0. The zero-order valence-corrected chi connectivity index (χ0v) is 17.7. The van der Waals surface area contributed by atoms with E-state index in [9.17, 15) is 4.79 Å². The average Bonchev–Trinajstić information content (AvgIpc) is 3.15. The summed E-state index contributed by atoms with van der Waals surface area (Å²) in [5.41, 5.74) is 2.36. The van der Waals surface area contributed by atoms with Gasteiger partial charge >= 0.3 is 0 Å². The van der Waals surface area contributed by atoms with Gasteiger partial charge in [0.25, 0.3) is 5.91 Å². The summed E-state index contributed by atoms with van der Waals surface area (Å²) in [6, 6.07) is 24.7. The van der Waals surface area contributed by atoms with E-state index in [1.54, 1.807) is 4.68 Å². The molecule has 28 heavy (non-hydrogen) atoms. The molecular weight excluding hydrogens is 484 g/mol. The van der Waals surface area contributed by atoms with Crippen molar-refractivity contribution in [1.82, 2.24) is 14.8 Å². The fraction of sp³-hybridized carbons (Fsp3) is 0. The van der Waals surface area contributed by atoms with E-state index >= 15 is 0 Å². The topological polar surface area (TPSA) is 59.8 Å². The minimum atomic E-state index is -0.369. The molecule has 0 aliphatic rings. The fourth-order valence-corrected chi connectivity index (χ4v) is 3.36. The van der Waals surface area contributed by atoms with E-state index in [4.69, 9.17) is 0 Å². The van der Waals surface area contributed by atoms with E-state index in [1.807, 2.05) is 78.9 Å². The quantitative estimate of drug-likeness (QED) is 0.392. The van der Waals surface area contributed by atoms with E-state index in [-0.39, 0.29) is 11.7 Å². The normalized spacial score (nSPS) is 10.6. The van der Waals surface area contributed by atoms with Crippen molar-refractivity contribution in [1.29, 1.82) is 0 Å². The van der Waals surface area contributed by atoms with E-state index in [1.165, 1.54) is 0 Å². The van der Waals surface area contributed by atoms with Gasteiger partial charge in [0.15, 0.2) is 5.82 Å². The third-order valence-electron chi connectivity index (χ3n) is 4.00. The number of hydrogen-bond acceptors (Lipinski definition) is 3. The van der Waals surface area contributed by atoms with E-state index in [0.717, 1.165) is 20.2 Å². The molecular formula is C21H14Br2N4O. The molecule has 4 aromatic rings. The van der Waals surface area contributed by atoms with Gasteiger partial charge < -0.3 is 5.32 Å². The van der Waals surface area contributed by atoms with Crippen molar-refractivity contribution in [3.8, 4) is 17.1 Å². The lowest BCUT2D eigenvalue weighted by Gasteiger charge is -2.05. The number of hydrogen-bond donors (Lipinski definition) is 1. The monoisotopic (exact) mass is 496 g/mol. The molecule has 0 fully saturated rings. The molecule has 0 spiro atoms. The standard InChI is InChI=1S/C21H14Br2N4O/c22-15-9-11-18(12-10-15)27-20(14-5-2-1-3-6-14)25-19(26-27)21(28)24-17-8-4-7-16(23)13-17/h1-13H,(H,24,28). The number of benzene rings is 3. The zero-order valence-electron chi connectivity index (χ0n) is 14.5. The first-order valence-electron chi connectivity index (χ1n) is 8.45. The molecule has 0 unspecified atom stereocenters. The Hall–Kier alpha value is -2.77. The summed E-state index contributed by atoms with van der Waals surface area (Å²) < 4.78 is 3.52. The molecule has 0 aliphatic heterocycles. The largest absolute Gasteiger partial charge is 0.319 e. The molecule has 4 rings (SSSR count). The van der Waals surface area contributed by atoms with Gasteiger partial charge in [-0.25, -0.2) is 9.67 Å². The number of halogens is 2. The molecule has 0 saturated heterocycles. The lowest BCUT2D eigenvalue weighted by atomic mass is 10.2. The summed E-state index contributed by atoms with van der Waals surface area (Å²) >= 11 is 6.84. The molecule has 0 aliphatic carbocycles. The highest BCUT2D eigenvalue weighted by atomic mass is 79.9. The van der Waals surface area contributed by atoms with Gasteiger partial charge in [0, 0.05) is 20.2 Å². The Kier molecular flexibility index (Phi) is 5.36. The van der Waals surface area contributed by atoms with Crippen LogP contribution in [0.5, 0.6) is 0 Å². The Balaban J connectivity index is 1.74. The van der Waals surface area contributed by atoms with Crippen LogP contribution in [0.15, 0.2) is 87.8 Å². The van der Waals surface area contributed by atoms with Gasteiger partial charge in [0.2, 0.25) is 5.82 Å². The molecule has 0 atom stereocenters. The molecule has 1 N–H and O–H groups in total. The molecule has 5 nitrogen and oxygen atoms in total. The molecule has 1 heterocycles. The van der Waals surface area contributed by atoms with Gasteiger partial charge in [-0.05, 0) is 42.5 Å². The van der Waals surface area contributed by atoms with Crippen LogP contribution in [0.4, 0.5) is 5.69 Å². The third kappa shape index (κ3) is 4.05. The Morgan fingerprint density at radius 2 is 1.61 bits per heavy atom. The van der Waals surface area contributed by atoms with Crippen LogP contribution >= 0.6 is 31.9 Å². The first kappa shape index (κ1) is 18.6. The van der Waals surface area contributed by atoms with E-state index < -0.39 is 0 Å². The molecule has 3 aromatic carbocycles. The molecule has 1 amide bonds. The van der Waals surface area contributed by atoms with Crippen LogP contribution in [-0.4, -0.2) is 20.7 Å². The van der Waals surface area contributed by atoms with Crippen molar-refractivity contribution in [3.05, 3.63) is 93.6 Å². The van der Waals surface area contributed by atoms with Crippen molar-refractivity contribution in [3.63, 3.8) is 0 Å². The molecule has 138 valence electrons. The number of amides is 1. The molecule has 0 bridgehead atoms. The van der Waals surface area contributed by atoms with Crippen molar-refractivity contribution < 1.29 is 4.79 Å².